The van der Waals surface area contributed by atoms with Gasteiger partial charge in [0.25, 0.3) is 0 Å². The third kappa shape index (κ3) is 4.30. The molecule has 0 saturated carbocycles. The number of benzene rings is 2. The maximum Gasteiger partial charge on any atom is 0.224 e. The number of nitriles is 1. The monoisotopic (exact) mass is 302 g/mol. The molecule has 1 amide bonds. The van der Waals surface area contributed by atoms with Crippen LogP contribution in [0.3, 0.4) is 0 Å². The fourth-order valence-corrected chi connectivity index (χ4v) is 1.97. The third-order valence-corrected chi connectivity index (χ3v) is 3.16. The Morgan fingerprint density at radius 2 is 1.95 bits per heavy atom. The van der Waals surface area contributed by atoms with Crippen LogP contribution in [-0.2, 0) is 11.2 Å². The maximum atomic E-state index is 13.5. The summed E-state index contributed by atoms with van der Waals surface area (Å²) in [6.45, 7) is 0. The third-order valence-electron chi connectivity index (χ3n) is 2.93. The van der Waals surface area contributed by atoms with Crippen LogP contribution in [0.15, 0.2) is 42.5 Å². The fraction of sp³-hybridized carbons (Fsp3) is 0.125. The SMILES string of the molecule is N#Cc1ccc(CCC(=O)Nc2ccc(Cl)cc2F)cc1. The Morgan fingerprint density at radius 1 is 1.24 bits per heavy atom. The van der Waals surface area contributed by atoms with E-state index in [2.05, 4.69) is 5.32 Å². The molecule has 2 rings (SSSR count). The normalized spacial score (nSPS) is 9.95. The standard InChI is InChI=1S/C16H12ClFN2O/c17-13-6-7-15(14(18)9-13)20-16(21)8-5-11-1-3-12(10-19)4-2-11/h1-4,6-7,9H,5,8H2,(H,20,21). The fourth-order valence-electron chi connectivity index (χ4n) is 1.81. The Hall–Kier alpha value is -2.38. The molecule has 3 nitrogen and oxygen atoms in total. The lowest BCUT2D eigenvalue weighted by atomic mass is 10.1. The minimum Gasteiger partial charge on any atom is -0.324 e. The Morgan fingerprint density at radius 3 is 2.57 bits per heavy atom. The largest absolute Gasteiger partial charge is 0.324 e. The second-order valence-electron chi connectivity index (χ2n) is 4.48. The van der Waals surface area contributed by atoms with E-state index in [0.29, 0.717) is 12.0 Å². The van der Waals surface area contributed by atoms with Crippen molar-refractivity contribution in [2.24, 2.45) is 0 Å². The molecule has 2 aromatic rings. The molecule has 21 heavy (non-hydrogen) atoms. The highest BCUT2D eigenvalue weighted by Crippen LogP contribution is 2.19. The Balaban J connectivity index is 1.91. The molecule has 0 aliphatic heterocycles. The summed E-state index contributed by atoms with van der Waals surface area (Å²) in [5.74, 6) is -0.838. The summed E-state index contributed by atoms with van der Waals surface area (Å²) in [4.78, 5) is 11.8. The highest BCUT2D eigenvalue weighted by atomic mass is 35.5. The summed E-state index contributed by atoms with van der Waals surface area (Å²) in [5, 5.41) is 11.5. The molecule has 5 heteroatoms. The predicted molar refractivity (Wildman–Crippen MR) is 79.5 cm³/mol. The van der Waals surface area contributed by atoms with Gasteiger partial charge >= 0.3 is 0 Å². The number of rotatable bonds is 4. The van der Waals surface area contributed by atoms with Crippen LogP contribution in [-0.4, -0.2) is 5.91 Å². The lowest BCUT2D eigenvalue weighted by molar-refractivity contribution is -0.116. The van der Waals surface area contributed by atoms with E-state index in [-0.39, 0.29) is 23.0 Å². The zero-order valence-corrected chi connectivity index (χ0v) is 11.8. The average Bonchev–Trinajstić information content (AvgIpc) is 2.48. The number of amides is 1. The van der Waals surface area contributed by atoms with Crippen molar-refractivity contribution in [3.05, 3.63) is 64.4 Å². The van der Waals surface area contributed by atoms with E-state index in [4.69, 9.17) is 16.9 Å². The molecule has 0 spiro atoms. The van der Waals surface area contributed by atoms with Gasteiger partial charge in [0.05, 0.1) is 17.3 Å². The van der Waals surface area contributed by atoms with Gasteiger partial charge in [-0.3, -0.25) is 4.79 Å². The number of nitrogens with zero attached hydrogens (tertiary/aromatic N) is 1. The minimum atomic E-state index is -0.561. The van der Waals surface area contributed by atoms with Gasteiger partial charge in [0.2, 0.25) is 5.91 Å². The second kappa shape index (κ2) is 6.87. The average molecular weight is 303 g/mol. The molecule has 0 unspecified atom stereocenters. The molecule has 0 radical (unpaired) electrons. The van der Waals surface area contributed by atoms with E-state index in [0.717, 1.165) is 11.6 Å². The second-order valence-corrected chi connectivity index (χ2v) is 4.92. The molecular formula is C16H12ClFN2O. The minimum absolute atomic E-state index is 0.115. The zero-order valence-electron chi connectivity index (χ0n) is 11.1. The topological polar surface area (TPSA) is 52.9 Å². The molecule has 0 saturated heterocycles. The number of carbonyl (C=O) groups is 1. The number of hydrogen-bond donors (Lipinski definition) is 1. The summed E-state index contributed by atoms with van der Waals surface area (Å²) < 4.78 is 13.5. The van der Waals surface area contributed by atoms with E-state index in [1.165, 1.54) is 12.1 Å². The van der Waals surface area contributed by atoms with Gasteiger partial charge in [-0.2, -0.15) is 5.26 Å². The summed E-state index contributed by atoms with van der Waals surface area (Å²) >= 11 is 5.64. The molecule has 0 atom stereocenters. The van der Waals surface area contributed by atoms with Crippen LogP contribution in [0.1, 0.15) is 17.5 Å². The highest BCUT2D eigenvalue weighted by molar-refractivity contribution is 6.30. The van der Waals surface area contributed by atoms with Crippen LogP contribution >= 0.6 is 11.6 Å². The van der Waals surface area contributed by atoms with Crippen molar-refractivity contribution in [2.45, 2.75) is 12.8 Å². The van der Waals surface area contributed by atoms with Crippen LogP contribution < -0.4 is 5.32 Å². The van der Waals surface area contributed by atoms with Gasteiger partial charge in [-0.25, -0.2) is 4.39 Å². The molecule has 0 aromatic heterocycles. The highest BCUT2D eigenvalue weighted by Gasteiger charge is 2.07. The number of halogens is 2. The van der Waals surface area contributed by atoms with Crippen molar-refractivity contribution in [2.75, 3.05) is 5.32 Å². The number of anilines is 1. The summed E-state index contributed by atoms with van der Waals surface area (Å²) in [7, 11) is 0. The molecule has 0 heterocycles. The first-order chi connectivity index (χ1) is 10.1. The Kier molecular flexibility index (Phi) is 4.91. The van der Waals surface area contributed by atoms with Crippen LogP contribution in [0.25, 0.3) is 0 Å². The van der Waals surface area contributed by atoms with Gasteiger partial charge < -0.3 is 5.32 Å². The molecule has 1 N–H and O–H groups in total. The quantitative estimate of drug-likeness (QED) is 0.930. The molecule has 106 valence electrons. The van der Waals surface area contributed by atoms with Gasteiger partial charge in [0, 0.05) is 11.4 Å². The smallest absolute Gasteiger partial charge is 0.224 e. The van der Waals surface area contributed by atoms with E-state index >= 15 is 0 Å². The van der Waals surface area contributed by atoms with E-state index in [9.17, 15) is 9.18 Å². The van der Waals surface area contributed by atoms with Gasteiger partial charge in [-0.05, 0) is 42.3 Å². The first-order valence-electron chi connectivity index (χ1n) is 6.32. The number of nitrogens with one attached hydrogen (secondary N) is 1. The number of hydrogen-bond acceptors (Lipinski definition) is 2. The first kappa shape index (κ1) is 15.0. The lowest BCUT2D eigenvalue weighted by Gasteiger charge is -2.07. The predicted octanol–water partition coefficient (Wildman–Crippen LogP) is 3.92. The van der Waals surface area contributed by atoms with Crippen molar-refractivity contribution in [1.82, 2.24) is 0 Å². The van der Waals surface area contributed by atoms with E-state index in [1.54, 1.807) is 24.3 Å². The van der Waals surface area contributed by atoms with Crippen molar-refractivity contribution < 1.29 is 9.18 Å². The van der Waals surface area contributed by atoms with Crippen LogP contribution in [0.2, 0.25) is 5.02 Å². The molecule has 2 aromatic carbocycles. The first-order valence-corrected chi connectivity index (χ1v) is 6.70. The number of carbonyl (C=O) groups excluding carboxylic acids is 1. The zero-order chi connectivity index (χ0) is 15.2. The molecule has 0 fully saturated rings. The van der Waals surface area contributed by atoms with Gasteiger partial charge in [-0.15, -0.1) is 0 Å². The van der Waals surface area contributed by atoms with Crippen molar-refractivity contribution in [3.63, 3.8) is 0 Å². The summed E-state index contributed by atoms with van der Waals surface area (Å²) in [6, 6.07) is 13.1. The van der Waals surface area contributed by atoms with E-state index < -0.39 is 5.82 Å². The van der Waals surface area contributed by atoms with Crippen LogP contribution in [0.4, 0.5) is 10.1 Å². The van der Waals surface area contributed by atoms with Gasteiger partial charge in [0.15, 0.2) is 0 Å². The summed E-state index contributed by atoms with van der Waals surface area (Å²) in [5.41, 5.74) is 1.64. The lowest BCUT2D eigenvalue weighted by Crippen LogP contribution is -2.13. The van der Waals surface area contributed by atoms with Crippen molar-refractivity contribution in [3.8, 4) is 6.07 Å². The van der Waals surface area contributed by atoms with E-state index in [1.807, 2.05) is 6.07 Å². The molecule has 0 bridgehead atoms. The Bertz CT molecular complexity index is 692. The van der Waals surface area contributed by atoms with Gasteiger partial charge in [0.1, 0.15) is 5.82 Å². The van der Waals surface area contributed by atoms with Gasteiger partial charge in [-0.1, -0.05) is 23.7 Å². The summed E-state index contributed by atoms with van der Waals surface area (Å²) in [6.07, 6.45) is 0.751. The maximum absolute atomic E-state index is 13.5. The van der Waals surface area contributed by atoms with Crippen LogP contribution in [0, 0.1) is 17.1 Å². The molecular weight excluding hydrogens is 291 g/mol. The molecule has 0 aliphatic rings. The number of aryl methyl sites for hydroxylation is 1. The van der Waals surface area contributed by atoms with Crippen molar-refractivity contribution in [1.29, 1.82) is 5.26 Å². The van der Waals surface area contributed by atoms with Crippen molar-refractivity contribution >= 4 is 23.2 Å². The Labute approximate surface area is 127 Å². The molecule has 0 aliphatic carbocycles. The van der Waals surface area contributed by atoms with Crippen LogP contribution in [0.5, 0.6) is 0 Å².